The number of ether oxygens (including phenoxy) is 2. The van der Waals surface area contributed by atoms with Crippen LogP contribution in [0.1, 0.15) is 12.5 Å². The molecule has 10 heteroatoms. The van der Waals surface area contributed by atoms with Gasteiger partial charge in [-0.25, -0.2) is 4.98 Å². The zero-order valence-corrected chi connectivity index (χ0v) is 15.5. The molecule has 7 nitrogen and oxygen atoms in total. The summed E-state index contributed by atoms with van der Waals surface area (Å²) < 4.78 is 45.8. The molecular weight excluding hydrogens is 391 g/mol. The van der Waals surface area contributed by atoms with Crippen molar-refractivity contribution < 1.29 is 22.4 Å². The standard InChI is InChI=1S/C15H16Cl2N2O5S/c1-10(25(20,21)22)14-7-23-15(24-14,8-19-5-4-18-9-19)12-3-2-11(16)6-13(12)17/h2-6,9-10,14H,7-8H2,1H3,(H,20,21,22). The van der Waals surface area contributed by atoms with Gasteiger partial charge in [0, 0.05) is 23.0 Å². The number of halogens is 2. The van der Waals surface area contributed by atoms with E-state index in [2.05, 4.69) is 4.98 Å². The lowest BCUT2D eigenvalue weighted by molar-refractivity contribution is -0.186. The fraction of sp³-hybridized carbons (Fsp3) is 0.400. The van der Waals surface area contributed by atoms with E-state index in [-0.39, 0.29) is 13.2 Å². The van der Waals surface area contributed by atoms with Gasteiger partial charge in [0.05, 0.1) is 24.5 Å². The SMILES string of the molecule is CC(C1COC(Cn2ccnc2)(c2ccc(Cl)cc2Cl)O1)S(=O)(=O)O. The molecular formula is C15H16Cl2N2O5S. The van der Waals surface area contributed by atoms with Crippen LogP contribution in [0.5, 0.6) is 0 Å². The van der Waals surface area contributed by atoms with Crippen LogP contribution >= 0.6 is 23.2 Å². The van der Waals surface area contributed by atoms with Gasteiger partial charge in [-0.2, -0.15) is 8.42 Å². The van der Waals surface area contributed by atoms with Gasteiger partial charge in [-0.15, -0.1) is 0 Å². The number of benzene rings is 1. The third kappa shape index (κ3) is 3.84. The van der Waals surface area contributed by atoms with Gasteiger partial charge in [0.1, 0.15) is 11.4 Å². The predicted octanol–water partition coefficient (Wildman–Crippen LogP) is 2.73. The number of hydrogen-bond acceptors (Lipinski definition) is 5. The van der Waals surface area contributed by atoms with Crippen LogP contribution in [0.2, 0.25) is 10.0 Å². The fourth-order valence-electron chi connectivity index (χ4n) is 2.68. The van der Waals surface area contributed by atoms with Gasteiger partial charge in [-0.1, -0.05) is 29.3 Å². The largest absolute Gasteiger partial charge is 0.342 e. The van der Waals surface area contributed by atoms with E-state index in [1.807, 2.05) is 0 Å². The first-order chi connectivity index (χ1) is 11.7. The number of rotatable bonds is 5. The molecule has 0 bridgehead atoms. The van der Waals surface area contributed by atoms with Crippen LogP contribution in [-0.4, -0.2) is 40.5 Å². The first kappa shape index (κ1) is 18.6. The third-order valence-corrected chi connectivity index (χ3v) is 5.90. The molecule has 0 aliphatic carbocycles. The molecule has 0 spiro atoms. The van der Waals surface area contributed by atoms with E-state index in [1.165, 1.54) is 6.92 Å². The van der Waals surface area contributed by atoms with Crippen molar-refractivity contribution in [3.63, 3.8) is 0 Å². The molecule has 1 aliphatic rings. The van der Waals surface area contributed by atoms with Gasteiger partial charge in [0.15, 0.2) is 0 Å². The molecule has 0 radical (unpaired) electrons. The van der Waals surface area contributed by atoms with Crippen LogP contribution in [0, 0.1) is 0 Å². The van der Waals surface area contributed by atoms with Crippen molar-refractivity contribution >= 4 is 33.3 Å². The summed E-state index contributed by atoms with van der Waals surface area (Å²) in [5.41, 5.74) is 0.511. The minimum atomic E-state index is -4.28. The number of aromatic nitrogens is 2. The summed E-state index contributed by atoms with van der Waals surface area (Å²) in [6.45, 7) is 1.54. The second kappa shape index (κ2) is 6.86. The number of imidazole rings is 1. The minimum absolute atomic E-state index is 0.0192. The summed E-state index contributed by atoms with van der Waals surface area (Å²) in [6.07, 6.45) is 4.05. The Morgan fingerprint density at radius 2 is 2.24 bits per heavy atom. The van der Waals surface area contributed by atoms with Gasteiger partial charge in [0.25, 0.3) is 10.1 Å². The zero-order valence-electron chi connectivity index (χ0n) is 13.2. The van der Waals surface area contributed by atoms with E-state index in [1.54, 1.807) is 41.5 Å². The summed E-state index contributed by atoms with van der Waals surface area (Å²) in [6, 6.07) is 4.87. The van der Waals surface area contributed by atoms with Gasteiger partial charge >= 0.3 is 0 Å². The molecule has 3 unspecified atom stereocenters. The Hall–Kier alpha value is -1.16. The quantitative estimate of drug-likeness (QED) is 0.767. The molecule has 1 aliphatic heterocycles. The van der Waals surface area contributed by atoms with E-state index in [0.29, 0.717) is 15.6 Å². The maximum atomic E-state index is 11.5. The lowest BCUT2D eigenvalue weighted by Gasteiger charge is -2.30. The second-order valence-electron chi connectivity index (χ2n) is 5.80. The molecule has 1 aromatic carbocycles. The highest BCUT2D eigenvalue weighted by Crippen LogP contribution is 2.41. The topological polar surface area (TPSA) is 90.7 Å². The predicted molar refractivity (Wildman–Crippen MR) is 92.2 cm³/mol. The van der Waals surface area contributed by atoms with Gasteiger partial charge in [0.2, 0.25) is 5.79 Å². The minimum Gasteiger partial charge on any atom is -0.342 e. The van der Waals surface area contributed by atoms with E-state index in [4.69, 9.17) is 32.7 Å². The van der Waals surface area contributed by atoms with Gasteiger partial charge in [-0.05, 0) is 19.1 Å². The lowest BCUT2D eigenvalue weighted by Crippen LogP contribution is -2.37. The van der Waals surface area contributed by atoms with Crippen LogP contribution < -0.4 is 0 Å². The molecule has 2 aromatic rings. The molecule has 1 fully saturated rings. The fourth-order valence-corrected chi connectivity index (χ4v) is 3.75. The van der Waals surface area contributed by atoms with Crippen LogP contribution in [0.4, 0.5) is 0 Å². The van der Waals surface area contributed by atoms with Crippen LogP contribution in [0.15, 0.2) is 36.9 Å². The van der Waals surface area contributed by atoms with E-state index < -0.39 is 27.3 Å². The van der Waals surface area contributed by atoms with Crippen molar-refractivity contribution in [3.8, 4) is 0 Å². The molecule has 3 rings (SSSR count). The Morgan fingerprint density at radius 1 is 1.48 bits per heavy atom. The zero-order chi connectivity index (χ0) is 18.2. The molecule has 136 valence electrons. The highest BCUT2D eigenvalue weighted by molar-refractivity contribution is 7.86. The maximum absolute atomic E-state index is 11.5. The molecule has 25 heavy (non-hydrogen) atoms. The summed E-state index contributed by atoms with van der Waals surface area (Å²) in [4.78, 5) is 3.98. The summed E-state index contributed by atoms with van der Waals surface area (Å²) in [5, 5.41) is -0.372. The average molecular weight is 407 g/mol. The Labute approximate surface area is 155 Å². The summed E-state index contributed by atoms with van der Waals surface area (Å²) in [5.74, 6) is -1.33. The second-order valence-corrected chi connectivity index (χ2v) is 8.42. The third-order valence-electron chi connectivity index (χ3n) is 4.11. The van der Waals surface area contributed by atoms with Crippen molar-refractivity contribution in [1.29, 1.82) is 0 Å². The molecule has 1 aromatic heterocycles. The van der Waals surface area contributed by atoms with E-state index in [9.17, 15) is 13.0 Å². The Balaban J connectivity index is 1.99. The van der Waals surface area contributed by atoms with Gasteiger partial charge < -0.3 is 14.0 Å². The smallest absolute Gasteiger partial charge is 0.270 e. The Bertz CT molecular complexity index is 859. The van der Waals surface area contributed by atoms with Crippen molar-refractivity contribution in [1.82, 2.24) is 9.55 Å². The van der Waals surface area contributed by atoms with Crippen LogP contribution in [0.3, 0.4) is 0 Å². The summed E-state index contributed by atoms with van der Waals surface area (Å²) in [7, 11) is -4.28. The molecule has 0 amide bonds. The van der Waals surface area contributed by atoms with Crippen LogP contribution in [-0.2, 0) is 31.9 Å². The van der Waals surface area contributed by atoms with Crippen molar-refractivity contribution in [3.05, 3.63) is 52.5 Å². The monoisotopic (exact) mass is 406 g/mol. The normalized spacial score (nSPS) is 25.2. The molecule has 1 saturated heterocycles. The van der Waals surface area contributed by atoms with Crippen LogP contribution in [0.25, 0.3) is 0 Å². The van der Waals surface area contributed by atoms with E-state index in [0.717, 1.165) is 0 Å². The Kier molecular flexibility index (Phi) is 5.11. The molecule has 3 atom stereocenters. The number of nitrogens with zero attached hydrogens (tertiary/aromatic N) is 2. The molecule has 1 N–H and O–H groups in total. The van der Waals surface area contributed by atoms with E-state index >= 15 is 0 Å². The van der Waals surface area contributed by atoms with Crippen molar-refractivity contribution in [2.24, 2.45) is 0 Å². The highest BCUT2D eigenvalue weighted by Gasteiger charge is 2.48. The van der Waals surface area contributed by atoms with Crippen molar-refractivity contribution in [2.45, 2.75) is 30.6 Å². The highest BCUT2D eigenvalue weighted by atomic mass is 35.5. The first-order valence-electron chi connectivity index (χ1n) is 7.41. The van der Waals surface area contributed by atoms with Gasteiger partial charge in [-0.3, -0.25) is 4.55 Å². The Morgan fingerprint density at radius 3 is 2.84 bits per heavy atom. The number of hydrogen-bond donors (Lipinski definition) is 1. The first-order valence-corrected chi connectivity index (χ1v) is 9.66. The average Bonchev–Trinajstić information content (AvgIpc) is 3.16. The lowest BCUT2D eigenvalue weighted by atomic mass is 10.1. The maximum Gasteiger partial charge on any atom is 0.270 e. The molecule has 0 saturated carbocycles. The van der Waals surface area contributed by atoms with Crippen molar-refractivity contribution in [2.75, 3.05) is 6.61 Å². The summed E-state index contributed by atoms with van der Waals surface area (Å²) >= 11 is 12.3. The molecule has 2 heterocycles.